The number of carboxylic acid groups (broad SMARTS) is 2. The second kappa shape index (κ2) is 4.41. The molecule has 0 aliphatic carbocycles. The first-order chi connectivity index (χ1) is 6.57. The van der Waals surface area contributed by atoms with Crippen molar-refractivity contribution in [2.75, 3.05) is 0 Å². The molecule has 4 nitrogen and oxygen atoms in total. The smallest absolute Gasteiger partial charge is 0.336 e. The summed E-state index contributed by atoms with van der Waals surface area (Å²) < 4.78 is 0.363. The Morgan fingerprint density at radius 3 is 1.86 bits per heavy atom. The van der Waals surface area contributed by atoms with E-state index >= 15 is 0 Å². The molecule has 1 aromatic carbocycles. The minimum absolute atomic E-state index is 0.0549. The minimum Gasteiger partial charge on any atom is -0.478 e. The number of carboxylic acids is 2. The van der Waals surface area contributed by atoms with Gasteiger partial charge in [0.2, 0.25) is 0 Å². The molecule has 0 unspecified atom stereocenters. The molecular formula is C9H7IO4. The van der Waals surface area contributed by atoms with Gasteiger partial charge in [-0.05, 0) is 17.7 Å². The summed E-state index contributed by atoms with van der Waals surface area (Å²) in [6.07, 6.45) is 0. The highest BCUT2D eigenvalue weighted by Gasteiger charge is 2.16. The van der Waals surface area contributed by atoms with Gasteiger partial charge in [0.25, 0.3) is 0 Å². The van der Waals surface area contributed by atoms with Crippen molar-refractivity contribution in [3.63, 3.8) is 0 Å². The second-order valence-electron chi connectivity index (χ2n) is 2.58. The molecule has 0 fully saturated rings. The van der Waals surface area contributed by atoms with E-state index in [9.17, 15) is 9.59 Å². The Bertz CT molecular complexity index is 354. The lowest BCUT2D eigenvalue weighted by molar-refractivity contribution is 0.0696. The van der Waals surface area contributed by atoms with Crippen molar-refractivity contribution in [2.45, 2.75) is 4.43 Å². The highest BCUT2D eigenvalue weighted by Crippen LogP contribution is 2.18. The molecule has 0 heterocycles. The molecule has 0 radical (unpaired) electrons. The normalized spacial score (nSPS) is 9.79. The number of rotatable bonds is 3. The Morgan fingerprint density at radius 2 is 1.57 bits per heavy atom. The highest BCUT2D eigenvalue weighted by molar-refractivity contribution is 14.1. The average Bonchev–Trinajstić information content (AvgIpc) is 2.16. The van der Waals surface area contributed by atoms with Crippen molar-refractivity contribution in [1.29, 1.82) is 0 Å². The van der Waals surface area contributed by atoms with Gasteiger partial charge >= 0.3 is 11.9 Å². The number of halogens is 1. The van der Waals surface area contributed by atoms with Crippen LogP contribution >= 0.6 is 22.6 Å². The Labute approximate surface area is 93.7 Å². The Balaban J connectivity index is 3.39. The molecule has 0 amide bonds. The van der Waals surface area contributed by atoms with E-state index in [2.05, 4.69) is 0 Å². The van der Waals surface area contributed by atoms with E-state index in [0.717, 1.165) is 0 Å². The van der Waals surface area contributed by atoms with Gasteiger partial charge in [0.1, 0.15) is 0 Å². The molecule has 1 aromatic rings. The fourth-order valence-electron chi connectivity index (χ4n) is 1.13. The van der Waals surface area contributed by atoms with E-state index in [-0.39, 0.29) is 11.1 Å². The Hall–Kier alpha value is -1.11. The summed E-state index contributed by atoms with van der Waals surface area (Å²) in [7, 11) is 0. The summed E-state index contributed by atoms with van der Waals surface area (Å²) in [6.45, 7) is 0. The van der Waals surface area contributed by atoms with Crippen LogP contribution in [0.5, 0.6) is 0 Å². The molecule has 0 spiro atoms. The summed E-state index contributed by atoms with van der Waals surface area (Å²) >= 11 is 1.94. The molecular weight excluding hydrogens is 299 g/mol. The van der Waals surface area contributed by atoms with Crippen molar-refractivity contribution < 1.29 is 19.8 Å². The first-order valence-electron chi connectivity index (χ1n) is 3.72. The maximum atomic E-state index is 10.8. The van der Waals surface area contributed by atoms with E-state index in [1.54, 1.807) is 0 Å². The van der Waals surface area contributed by atoms with Crippen molar-refractivity contribution in [1.82, 2.24) is 0 Å². The zero-order chi connectivity index (χ0) is 10.7. The third kappa shape index (κ3) is 2.03. The minimum atomic E-state index is -1.10. The van der Waals surface area contributed by atoms with E-state index in [0.29, 0.717) is 9.99 Å². The lowest BCUT2D eigenvalue weighted by Crippen LogP contribution is -2.08. The molecule has 0 aromatic heterocycles. The molecule has 2 N–H and O–H groups in total. The van der Waals surface area contributed by atoms with Crippen molar-refractivity contribution >= 4 is 34.5 Å². The van der Waals surface area contributed by atoms with Gasteiger partial charge in [-0.3, -0.25) is 0 Å². The van der Waals surface area contributed by atoms with Crippen LogP contribution in [0.15, 0.2) is 18.2 Å². The fourth-order valence-corrected chi connectivity index (χ4v) is 1.95. The van der Waals surface area contributed by atoms with Gasteiger partial charge in [0, 0.05) is 4.43 Å². The number of alkyl halides is 1. The monoisotopic (exact) mass is 306 g/mol. The summed E-state index contributed by atoms with van der Waals surface area (Å²) in [6, 6.07) is 4.24. The van der Waals surface area contributed by atoms with E-state index < -0.39 is 11.9 Å². The number of hydrogen-bond acceptors (Lipinski definition) is 2. The fraction of sp³-hybridized carbons (Fsp3) is 0.111. The molecule has 5 heteroatoms. The van der Waals surface area contributed by atoms with Crippen LogP contribution in [0, 0.1) is 0 Å². The second-order valence-corrected chi connectivity index (χ2v) is 3.34. The quantitative estimate of drug-likeness (QED) is 0.662. The van der Waals surface area contributed by atoms with Gasteiger partial charge in [-0.2, -0.15) is 0 Å². The van der Waals surface area contributed by atoms with Gasteiger partial charge in [0.15, 0.2) is 0 Å². The largest absolute Gasteiger partial charge is 0.478 e. The maximum Gasteiger partial charge on any atom is 0.336 e. The topological polar surface area (TPSA) is 74.6 Å². The van der Waals surface area contributed by atoms with Gasteiger partial charge in [-0.1, -0.05) is 28.7 Å². The van der Waals surface area contributed by atoms with Gasteiger partial charge < -0.3 is 10.2 Å². The molecule has 0 saturated carbocycles. The highest BCUT2D eigenvalue weighted by atomic mass is 127. The first kappa shape index (κ1) is 11.0. The summed E-state index contributed by atoms with van der Waals surface area (Å²) in [5.74, 6) is -2.19. The maximum absolute atomic E-state index is 10.8. The van der Waals surface area contributed by atoms with Crippen LogP contribution in [0.2, 0.25) is 0 Å². The zero-order valence-electron chi connectivity index (χ0n) is 7.03. The zero-order valence-corrected chi connectivity index (χ0v) is 9.19. The molecule has 0 saturated heterocycles. The molecule has 74 valence electrons. The molecule has 1 rings (SSSR count). The van der Waals surface area contributed by atoms with Crippen molar-refractivity contribution in [3.8, 4) is 0 Å². The van der Waals surface area contributed by atoms with Crippen LogP contribution in [0.25, 0.3) is 0 Å². The Morgan fingerprint density at radius 1 is 1.14 bits per heavy atom. The lowest BCUT2D eigenvalue weighted by Gasteiger charge is -2.05. The number of benzene rings is 1. The number of hydrogen-bond donors (Lipinski definition) is 2. The summed E-state index contributed by atoms with van der Waals surface area (Å²) in [4.78, 5) is 21.5. The van der Waals surface area contributed by atoms with Gasteiger partial charge in [-0.15, -0.1) is 0 Å². The van der Waals surface area contributed by atoms with E-state index in [1.165, 1.54) is 18.2 Å². The van der Waals surface area contributed by atoms with Crippen LogP contribution in [-0.2, 0) is 4.43 Å². The van der Waals surface area contributed by atoms with E-state index in [1.807, 2.05) is 22.6 Å². The third-order valence-electron chi connectivity index (χ3n) is 1.77. The molecule has 14 heavy (non-hydrogen) atoms. The molecule has 0 atom stereocenters. The SMILES string of the molecule is O=C(O)c1cccc(C(=O)O)c1CI. The third-order valence-corrected chi connectivity index (χ3v) is 2.53. The van der Waals surface area contributed by atoms with Crippen molar-refractivity contribution in [3.05, 3.63) is 34.9 Å². The predicted molar refractivity (Wildman–Crippen MR) is 58.1 cm³/mol. The number of aromatic carboxylic acids is 2. The predicted octanol–water partition coefficient (Wildman–Crippen LogP) is 2.02. The van der Waals surface area contributed by atoms with Crippen LogP contribution in [-0.4, -0.2) is 22.2 Å². The molecule has 0 aliphatic rings. The van der Waals surface area contributed by atoms with Crippen molar-refractivity contribution in [2.24, 2.45) is 0 Å². The summed E-state index contributed by atoms with van der Waals surface area (Å²) in [5, 5.41) is 17.6. The van der Waals surface area contributed by atoms with Crippen LogP contribution in [0.3, 0.4) is 0 Å². The average molecular weight is 306 g/mol. The van der Waals surface area contributed by atoms with Crippen LogP contribution in [0.1, 0.15) is 26.3 Å². The lowest BCUT2D eigenvalue weighted by atomic mass is 10.0. The Kier molecular flexibility index (Phi) is 3.45. The van der Waals surface area contributed by atoms with Gasteiger partial charge in [0.05, 0.1) is 11.1 Å². The number of carbonyl (C=O) groups is 2. The molecule has 0 bridgehead atoms. The molecule has 0 aliphatic heterocycles. The van der Waals surface area contributed by atoms with Gasteiger partial charge in [-0.25, -0.2) is 9.59 Å². The van der Waals surface area contributed by atoms with Crippen LogP contribution in [0.4, 0.5) is 0 Å². The first-order valence-corrected chi connectivity index (χ1v) is 5.25. The van der Waals surface area contributed by atoms with E-state index in [4.69, 9.17) is 10.2 Å². The standard InChI is InChI=1S/C9H7IO4/c10-4-7-5(8(11)12)2-1-3-6(7)9(13)14/h1-3H,4H2,(H,11,12)(H,13,14). The van der Waals surface area contributed by atoms with Crippen LogP contribution < -0.4 is 0 Å². The summed E-state index contributed by atoms with van der Waals surface area (Å²) in [5.41, 5.74) is 0.465.